The Balaban J connectivity index is 2.05. The van der Waals surface area contributed by atoms with Crippen LogP contribution < -0.4 is 5.32 Å². The average Bonchev–Trinajstić information content (AvgIpc) is 2.67. The number of aromatic nitrogens is 2. The Labute approximate surface area is 115 Å². The predicted octanol–water partition coefficient (Wildman–Crippen LogP) is 1.11. The molecular formula is C14H24N4O. The third-order valence-electron chi connectivity index (χ3n) is 3.54. The van der Waals surface area contributed by atoms with Gasteiger partial charge in [0, 0.05) is 38.4 Å². The fraction of sp³-hybridized carbons (Fsp3) is 0.714. The number of aryl methyl sites for hydroxylation is 1. The lowest BCUT2D eigenvalue weighted by Crippen LogP contribution is -2.40. The Morgan fingerprint density at radius 1 is 1.53 bits per heavy atom. The monoisotopic (exact) mass is 264 g/mol. The highest BCUT2D eigenvalue weighted by atomic mass is 16.1. The van der Waals surface area contributed by atoms with Gasteiger partial charge in [0.1, 0.15) is 0 Å². The molecule has 1 amide bonds. The van der Waals surface area contributed by atoms with Gasteiger partial charge in [-0.25, -0.2) is 0 Å². The zero-order valence-corrected chi connectivity index (χ0v) is 12.3. The first-order chi connectivity index (χ1) is 8.97. The van der Waals surface area contributed by atoms with Crippen molar-refractivity contribution in [3.63, 3.8) is 0 Å². The minimum absolute atomic E-state index is 0.104. The van der Waals surface area contributed by atoms with Crippen molar-refractivity contribution < 1.29 is 4.79 Å². The maximum absolute atomic E-state index is 12.3. The topological polar surface area (TPSA) is 50.2 Å². The van der Waals surface area contributed by atoms with Crippen molar-refractivity contribution in [1.82, 2.24) is 20.0 Å². The average molecular weight is 264 g/mol. The molecule has 1 N–H and O–H groups in total. The molecular weight excluding hydrogens is 240 g/mol. The van der Waals surface area contributed by atoms with Gasteiger partial charge in [-0.15, -0.1) is 0 Å². The Morgan fingerprint density at radius 2 is 2.26 bits per heavy atom. The van der Waals surface area contributed by atoms with Crippen LogP contribution in [0, 0.1) is 5.92 Å². The van der Waals surface area contributed by atoms with E-state index in [0.29, 0.717) is 5.92 Å². The molecule has 0 radical (unpaired) electrons. The lowest BCUT2D eigenvalue weighted by atomic mass is 9.96. The molecule has 0 fully saturated rings. The largest absolute Gasteiger partial charge is 0.355 e. The Hall–Kier alpha value is -1.36. The normalized spacial score (nSPS) is 19.5. The second kappa shape index (κ2) is 5.74. The van der Waals surface area contributed by atoms with E-state index in [1.54, 1.807) is 4.68 Å². The van der Waals surface area contributed by atoms with Crippen molar-refractivity contribution in [3.8, 4) is 0 Å². The summed E-state index contributed by atoms with van der Waals surface area (Å²) in [5, 5.41) is 7.50. The highest BCUT2D eigenvalue weighted by molar-refractivity contribution is 5.84. The van der Waals surface area contributed by atoms with Crippen LogP contribution in [0.5, 0.6) is 0 Å². The van der Waals surface area contributed by atoms with Gasteiger partial charge in [-0.3, -0.25) is 9.48 Å². The molecule has 1 aromatic heterocycles. The van der Waals surface area contributed by atoms with E-state index in [-0.39, 0.29) is 11.8 Å². The van der Waals surface area contributed by atoms with E-state index in [0.717, 1.165) is 31.7 Å². The number of rotatable bonds is 4. The molecule has 0 bridgehead atoms. The van der Waals surface area contributed by atoms with E-state index >= 15 is 0 Å². The second-order valence-electron chi connectivity index (χ2n) is 5.94. The Bertz CT molecular complexity index is 452. The molecule has 1 aromatic rings. The van der Waals surface area contributed by atoms with Crippen LogP contribution in [0.3, 0.4) is 0 Å². The molecule has 5 heteroatoms. The van der Waals surface area contributed by atoms with E-state index < -0.39 is 0 Å². The van der Waals surface area contributed by atoms with Gasteiger partial charge in [-0.2, -0.15) is 5.10 Å². The van der Waals surface area contributed by atoms with Crippen LogP contribution in [0.2, 0.25) is 0 Å². The molecule has 1 atom stereocenters. The molecule has 1 aliphatic heterocycles. The maximum atomic E-state index is 12.3. The Morgan fingerprint density at radius 3 is 2.95 bits per heavy atom. The fourth-order valence-electron chi connectivity index (χ4n) is 2.54. The van der Waals surface area contributed by atoms with Gasteiger partial charge in [-0.05, 0) is 19.4 Å². The van der Waals surface area contributed by atoms with Gasteiger partial charge in [0.15, 0.2) is 0 Å². The molecule has 2 heterocycles. The zero-order valence-electron chi connectivity index (χ0n) is 12.3. The van der Waals surface area contributed by atoms with E-state index in [9.17, 15) is 4.79 Å². The van der Waals surface area contributed by atoms with Crippen molar-refractivity contribution in [3.05, 3.63) is 17.5 Å². The number of amides is 1. The lowest BCUT2D eigenvalue weighted by molar-refractivity contribution is -0.123. The minimum atomic E-state index is -0.137. The third-order valence-corrected chi connectivity index (χ3v) is 3.54. The van der Waals surface area contributed by atoms with E-state index in [1.165, 1.54) is 5.56 Å². The summed E-state index contributed by atoms with van der Waals surface area (Å²) in [7, 11) is 3.95. The molecule has 1 aliphatic rings. The predicted molar refractivity (Wildman–Crippen MR) is 74.7 cm³/mol. The number of likely N-dealkylation sites (N-methyl/N-ethyl adjacent to an activating group) is 1. The minimum Gasteiger partial charge on any atom is -0.355 e. The number of nitrogens with one attached hydrogen (secondary N) is 1. The fourth-order valence-corrected chi connectivity index (χ4v) is 2.54. The first-order valence-corrected chi connectivity index (χ1v) is 6.96. The maximum Gasteiger partial charge on any atom is 0.230 e. The summed E-state index contributed by atoms with van der Waals surface area (Å²) in [6.07, 6.45) is 3.03. The standard InChI is InChI=1S/C14H24N4O/c1-10(2)5-6-15-14(19)12-9-17(3)7-11-8-18(4)16-13(11)12/h8,10,12H,5-7,9H2,1-4H3,(H,15,19)/t12-/m0/s1. The molecule has 5 nitrogen and oxygen atoms in total. The van der Waals surface area contributed by atoms with Crippen molar-refractivity contribution in [2.24, 2.45) is 13.0 Å². The van der Waals surface area contributed by atoms with Crippen molar-refractivity contribution in [2.75, 3.05) is 20.1 Å². The van der Waals surface area contributed by atoms with Crippen LogP contribution in [0.4, 0.5) is 0 Å². The molecule has 0 unspecified atom stereocenters. The smallest absolute Gasteiger partial charge is 0.230 e. The number of nitrogens with zero attached hydrogens (tertiary/aromatic N) is 3. The summed E-state index contributed by atoms with van der Waals surface area (Å²) in [6.45, 7) is 6.70. The lowest BCUT2D eigenvalue weighted by Gasteiger charge is -2.28. The third kappa shape index (κ3) is 3.35. The molecule has 106 valence electrons. The highest BCUT2D eigenvalue weighted by Gasteiger charge is 2.31. The number of carbonyl (C=O) groups excluding carboxylic acids is 1. The molecule has 0 saturated carbocycles. The summed E-state index contributed by atoms with van der Waals surface area (Å²) in [5.74, 6) is 0.578. The van der Waals surface area contributed by atoms with Crippen LogP contribution >= 0.6 is 0 Å². The van der Waals surface area contributed by atoms with E-state index in [4.69, 9.17) is 0 Å². The molecule has 0 saturated heterocycles. The van der Waals surface area contributed by atoms with Crippen molar-refractivity contribution in [2.45, 2.75) is 32.7 Å². The van der Waals surface area contributed by atoms with Crippen LogP contribution in [0.15, 0.2) is 6.20 Å². The molecule has 0 aliphatic carbocycles. The summed E-state index contributed by atoms with van der Waals surface area (Å²) >= 11 is 0. The van der Waals surface area contributed by atoms with Crippen LogP contribution in [-0.2, 0) is 18.4 Å². The van der Waals surface area contributed by atoms with Gasteiger partial charge in [0.2, 0.25) is 5.91 Å². The number of hydrogen-bond acceptors (Lipinski definition) is 3. The summed E-state index contributed by atoms with van der Waals surface area (Å²) < 4.78 is 1.80. The van der Waals surface area contributed by atoms with Crippen LogP contribution in [-0.4, -0.2) is 40.7 Å². The quantitative estimate of drug-likeness (QED) is 0.886. The summed E-state index contributed by atoms with van der Waals surface area (Å²) in [4.78, 5) is 14.5. The van der Waals surface area contributed by atoms with E-state index in [1.807, 2.05) is 20.3 Å². The van der Waals surface area contributed by atoms with Crippen molar-refractivity contribution >= 4 is 5.91 Å². The van der Waals surface area contributed by atoms with Crippen LogP contribution in [0.25, 0.3) is 0 Å². The molecule has 2 rings (SSSR count). The molecule has 0 spiro atoms. The Kier molecular flexibility index (Phi) is 4.24. The number of hydrogen-bond donors (Lipinski definition) is 1. The van der Waals surface area contributed by atoms with Gasteiger partial charge in [-0.1, -0.05) is 13.8 Å². The first kappa shape index (κ1) is 14.1. The first-order valence-electron chi connectivity index (χ1n) is 6.96. The van der Waals surface area contributed by atoms with E-state index in [2.05, 4.69) is 29.2 Å². The van der Waals surface area contributed by atoms with Gasteiger partial charge in [0.25, 0.3) is 0 Å². The van der Waals surface area contributed by atoms with Crippen LogP contribution in [0.1, 0.15) is 37.4 Å². The second-order valence-corrected chi connectivity index (χ2v) is 5.94. The van der Waals surface area contributed by atoms with Gasteiger partial charge >= 0.3 is 0 Å². The number of fused-ring (bicyclic) bond motifs is 1. The van der Waals surface area contributed by atoms with Gasteiger partial charge in [0.05, 0.1) is 11.6 Å². The SMILES string of the molecule is CC(C)CCNC(=O)[C@H]1CN(C)Cc2cn(C)nc21. The van der Waals surface area contributed by atoms with Gasteiger partial charge < -0.3 is 10.2 Å². The number of carbonyl (C=O) groups is 1. The molecule has 19 heavy (non-hydrogen) atoms. The molecule has 0 aromatic carbocycles. The zero-order chi connectivity index (χ0) is 14.0. The highest BCUT2D eigenvalue weighted by Crippen LogP contribution is 2.26. The summed E-state index contributed by atoms with van der Waals surface area (Å²) in [6, 6.07) is 0. The summed E-state index contributed by atoms with van der Waals surface area (Å²) in [5.41, 5.74) is 2.11. The van der Waals surface area contributed by atoms with Crippen molar-refractivity contribution in [1.29, 1.82) is 0 Å².